The molecule has 8 heteroatoms. The summed E-state index contributed by atoms with van der Waals surface area (Å²) in [4.78, 5) is 13.2. The summed E-state index contributed by atoms with van der Waals surface area (Å²) in [5, 5.41) is 19.4. The molecule has 1 heterocycles. The van der Waals surface area contributed by atoms with E-state index in [1.54, 1.807) is 48.5 Å². The van der Waals surface area contributed by atoms with E-state index in [0.717, 1.165) is 11.3 Å². The lowest BCUT2D eigenvalue weighted by Crippen LogP contribution is -2.31. The van der Waals surface area contributed by atoms with Crippen LogP contribution in [-0.4, -0.2) is 11.7 Å². The minimum Gasteiger partial charge on any atom is -0.495 e. The average Bonchev–Trinajstić information content (AvgIpc) is 3.02. The Morgan fingerprint density at radius 1 is 1.14 bits per heavy atom. The molecule has 0 aliphatic carbocycles. The number of benzene rings is 2. The third-order valence-corrected chi connectivity index (χ3v) is 5.78. The van der Waals surface area contributed by atoms with Crippen LogP contribution in [0.5, 0.6) is 5.75 Å². The number of nitriles is 2. The molecule has 0 fully saturated rings. The van der Waals surface area contributed by atoms with Crippen molar-refractivity contribution in [3.05, 3.63) is 77.6 Å². The van der Waals surface area contributed by atoms with Crippen LogP contribution in [0, 0.1) is 22.7 Å². The van der Waals surface area contributed by atoms with E-state index in [0.29, 0.717) is 31.6 Å². The van der Waals surface area contributed by atoms with Crippen LogP contribution in [-0.2, 0) is 0 Å². The van der Waals surface area contributed by atoms with Gasteiger partial charge in [0.15, 0.2) is 5.57 Å². The van der Waals surface area contributed by atoms with E-state index in [2.05, 4.69) is 0 Å². The molecule has 28 heavy (non-hydrogen) atoms. The fourth-order valence-electron chi connectivity index (χ4n) is 2.58. The number of aromatic nitrogens is 1. The number of halogens is 2. The van der Waals surface area contributed by atoms with Crippen LogP contribution < -0.4 is 19.5 Å². The summed E-state index contributed by atoms with van der Waals surface area (Å²) in [5.74, 6) is 0.436. The predicted octanol–water partition coefficient (Wildman–Crippen LogP) is 3.24. The van der Waals surface area contributed by atoms with Crippen LogP contribution in [0.25, 0.3) is 17.3 Å². The molecule has 3 rings (SSSR count). The van der Waals surface area contributed by atoms with E-state index in [1.807, 2.05) is 12.1 Å². The summed E-state index contributed by atoms with van der Waals surface area (Å²) in [6, 6.07) is 15.6. The Hall–Kier alpha value is -3.03. The Balaban J connectivity index is 2.46. The zero-order chi connectivity index (χ0) is 20.3. The summed E-state index contributed by atoms with van der Waals surface area (Å²) in [6.07, 6.45) is 1.59. The number of nitrogens with zero attached hydrogens (tertiary/aromatic N) is 3. The maximum atomic E-state index is 13.2. The second kappa shape index (κ2) is 8.33. The number of ether oxygens (including phenoxy) is 1. The summed E-state index contributed by atoms with van der Waals surface area (Å²) < 4.78 is 7.15. The van der Waals surface area contributed by atoms with Crippen molar-refractivity contribution >= 4 is 46.2 Å². The second-order valence-electron chi connectivity index (χ2n) is 5.47. The van der Waals surface area contributed by atoms with Gasteiger partial charge >= 0.3 is 0 Å². The van der Waals surface area contributed by atoms with Crippen molar-refractivity contribution in [2.45, 2.75) is 0 Å². The molecule has 2 aromatic carbocycles. The molecule has 0 bridgehead atoms. The van der Waals surface area contributed by atoms with E-state index < -0.39 is 5.56 Å². The largest absolute Gasteiger partial charge is 0.495 e. The minimum atomic E-state index is -0.399. The SMILES string of the molecule is COc1ccccc1-n1c(=C(C#N)C#N)s/c(=C/c2cccc(Cl)c2Cl)c1=O. The van der Waals surface area contributed by atoms with Gasteiger partial charge in [0, 0.05) is 0 Å². The average molecular weight is 428 g/mol. The van der Waals surface area contributed by atoms with Crippen molar-refractivity contribution in [3.8, 4) is 23.6 Å². The molecule has 0 amide bonds. The maximum absolute atomic E-state index is 13.2. The highest BCUT2D eigenvalue weighted by Gasteiger charge is 2.15. The van der Waals surface area contributed by atoms with Crippen molar-refractivity contribution in [1.82, 2.24) is 4.57 Å². The van der Waals surface area contributed by atoms with Crippen LogP contribution in [0.3, 0.4) is 0 Å². The van der Waals surface area contributed by atoms with Gasteiger partial charge in [-0.25, -0.2) is 0 Å². The molecule has 0 unspecified atom stereocenters. The highest BCUT2D eigenvalue weighted by atomic mass is 35.5. The van der Waals surface area contributed by atoms with Gasteiger partial charge in [-0.15, -0.1) is 11.3 Å². The summed E-state index contributed by atoms with van der Waals surface area (Å²) in [6.45, 7) is 0. The van der Waals surface area contributed by atoms with Gasteiger partial charge in [-0.1, -0.05) is 47.5 Å². The summed E-state index contributed by atoms with van der Waals surface area (Å²) >= 11 is 13.3. The van der Waals surface area contributed by atoms with Crippen molar-refractivity contribution in [3.63, 3.8) is 0 Å². The van der Waals surface area contributed by atoms with Gasteiger partial charge < -0.3 is 4.74 Å². The first-order valence-corrected chi connectivity index (χ1v) is 9.44. The second-order valence-corrected chi connectivity index (χ2v) is 7.29. The molecule has 1 aromatic heterocycles. The van der Waals surface area contributed by atoms with Crippen molar-refractivity contribution in [2.75, 3.05) is 7.11 Å². The summed E-state index contributed by atoms with van der Waals surface area (Å²) in [5.41, 5.74) is 0.413. The number of hydrogen-bond donors (Lipinski definition) is 0. The van der Waals surface area contributed by atoms with Crippen LogP contribution in [0.1, 0.15) is 5.56 Å². The Labute approximate surface area is 174 Å². The van der Waals surface area contributed by atoms with Gasteiger partial charge in [-0.3, -0.25) is 9.36 Å². The third-order valence-electron chi connectivity index (χ3n) is 3.86. The van der Waals surface area contributed by atoms with Crippen LogP contribution in [0.2, 0.25) is 10.0 Å². The number of methoxy groups -OCH3 is 1. The molecule has 3 aromatic rings. The Morgan fingerprint density at radius 2 is 1.86 bits per heavy atom. The molecular formula is C20H11Cl2N3O2S. The maximum Gasteiger partial charge on any atom is 0.273 e. The fourth-order valence-corrected chi connectivity index (χ4v) is 3.98. The fraction of sp³-hybridized carbons (Fsp3) is 0.0500. The minimum absolute atomic E-state index is 0.176. The van der Waals surface area contributed by atoms with Crippen LogP contribution in [0.4, 0.5) is 0 Å². The van der Waals surface area contributed by atoms with Crippen molar-refractivity contribution < 1.29 is 4.74 Å². The lowest BCUT2D eigenvalue weighted by Gasteiger charge is -2.08. The van der Waals surface area contributed by atoms with Gasteiger partial charge in [-0.05, 0) is 29.8 Å². The number of thiazole rings is 1. The molecule has 138 valence electrons. The first kappa shape index (κ1) is 19.7. The summed E-state index contributed by atoms with van der Waals surface area (Å²) in [7, 11) is 1.48. The van der Waals surface area contributed by atoms with E-state index in [9.17, 15) is 15.3 Å². The van der Waals surface area contributed by atoms with Crippen molar-refractivity contribution in [1.29, 1.82) is 10.5 Å². The predicted molar refractivity (Wildman–Crippen MR) is 110 cm³/mol. The van der Waals surface area contributed by atoms with Gasteiger partial charge in [0.05, 0.1) is 27.4 Å². The smallest absolute Gasteiger partial charge is 0.273 e. The zero-order valence-corrected chi connectivity index (χ0v) is 16.8. The molecular weight excluding hydrogens is 417 g/mol. The van der Waals surface area contributed by atoms with E-state index in [1.165, 1.54) is 11.7 Å². The van der Waals surface area contributed by atoms with Gasteiger partial charge in [0.25, 0.3) is 5.56 Å². The Kier molecular flexibility index (Phi) is 5.87. The highest BCUT2D eigenvalue weighted by Crippen LogP contribution is 2.26. The van der Waals surface area contributed by atoms with Crippen molar-refractivity contribution in [2.24, 2.45) is 0 Å². The molecule has 0 radical (unpaired) electrons. The molecule has 5 nitrogen and oxygen atoms in total. The van der Waals surface area contributed by atoms with Crippen LogP contribution in [0.15, 0.2) is 47.3 Å². The molecule has 0 aliphatic heterocycles. The molecule has 0 saturated heterocycles. The molecule has 0 N–H and O–H groups in total. The zero-order valence-electron chi connectivity index (χ0n) is 14.4. The molecule has 0 atom stereocenters. The normalized spacial score (nSPS) is 11.0. The van der Waals surface area contributed by atoms with Gasteiger partial charge in [0.2, 0.25) is 0 Å². The topological polar surface area (TPSA) is 78.8 Å². The van der Waals surface area contributed by atoms with Crippen LogP contribution >= 0.6 is 34.5 Å². The van der Waals surface area contributed by atoms with Gasteiger partial charge in [0.1, 0.15) is 22.6 Å². The lowest BCUT2D eigenvalue weighted by molar-refractivity contribution is 0.412. The standard InChI is InChI=1S/C20H11Cl2N3O2S/c1-27-16-8-3-2-7-15(16)25-19(26)17(28-20(25)13(10-23)11-24)9-12-5-4-6-14(21)18(12)22/h2-9H,1H3/b17-9+. The Bertz CT molecular complexity index is 1310. The quantitative estimate of drug-likeness (QED) is 0.642. The van der Waals surface area contributed by atoms with E-state index in [4.69, 9.17) is 27.9 Å². The molecule has 0 aliphatic rings. The first-order chi connectivity index (χ1) is 13.5. The highest BCUT2D eigenvalue weighted by molar-refractivity contribution is 7.07. The lowest BCUT2D eigenvalue weighted by atomic mass is 10.2. The number of para-hydroxylation sites is 2. The van der Waals surface area contributed by atoms with E-state index >= 15 is 0 Å². The monoisotopic (exact) mass is 427 g/mol. The number of hydrogen-bond acceptors (Lipinski definition) is 5. The van der Waals surface area contributed by atoms with Gasteiger partial charge in [-0.2, -0.15) is 10.5 Å². The third kappa shape index (κ3) is 3.54. The molecule has 0 spiro atoms. The molecule has 0 saturated carbocycles. The Morgan fingerprint density at radius 3 is 2.54 bits per heavy atom. The first-order valence-electron chi connectivity index (χ1n) is 7.87. The van der Waals surface area contributed by atoms with E-state index in [-0.39, 0.29) is 10.2 Å². The number of rotatable bonds is 3.